The van der Waals surface area contributed by atoms with Gasteiger partial charge in [0.25, 0.3) is 5.91 Å². The van der Waals surface area contributed by atoms with E-state index in [9.17, 15) is 23.9 Å². The van der Waals surface area contributed by atoms with Crippen molar-refractivity contribution in [2.24, 2.45) is 0 Å². The molecule has 2 N–H and O–H groups in total. The van der Waals surface area contributed by atoms with E-state index in [1.54, 1.807) is 18.2 Å². The Balaban J connectivity index is 2.11. The molecule has 3 rings (SSSR count). The fraction of sp³-hybridized carbons (Fsp3) is 0.217. The molecule has 1 amide bonds. The number of carbonyl (C=O) groups is 3. The molecule has 1 heterocycles. The summed E-state index contributed by atoms with van der Waals surface area (Å²) in [5.41, 5.74) is 1.29. The number of rotatable bonds is 6. The van der Waals surface area contributed by atoms with Crippen LogP contribution in [0.5, 0.6) is 5.75 Å². The van der Waals surface area contributed by atoms with E-state index in [0.29, 0.717) is 12.0 Å². The van der Waals surface area contributed by atoms with Crippen molar-refractivity contribution in [1.82, 2.24) is 10.3 Å². The Bertz CT molecular complexity index is 1190. The average Bonchev–Trinajstić information content (AvgIpc) is 2.79. The summed E-state index contributed by atoms with van der Waals surface area (Å²) in [6.07, 6.45) is 1.88. The molecular weight excluding hydrogens is 419 g/mol. The number of nitrogens with zero attached hydrogens (tertiary/aromatic N) is 1. The molecule has 0 fully saturated rings. The lowest BCUT2D eigenvalue weighted by Gasteiger charge is -2.15. The summed E-state index contributed by atoms with van der Waals surface area (Å²) < 4.78 is 22.5. The highest BCUT2D eigenvalue weighted by Gasteiger charge is 2.24. The summed E-state index contributed by atoms with van der Waals surface area (Å²) >= 11 is 0. The van der Waals surface area contributed by atoms with Crippen molar-refractivity contribution in [3.63, 3.8) is 0 Å². The molecule has 0 aliphatic heterocycles. The Labute approximate surface area is 183 Å². The van der Waals surface area contributed by atoms with Crippen LogP contribution in [0.1, 0.15) is 38.8 Å². The van der Waals surface area contributed by atoms with E-state index in [2.05, 4.69) is 19.8 Å². The number of halogens is 1. The second-order valence-corrected chi connectivity index (χ2v) is 7.07. The maximum absolute atomic E-state index is 13.2. The van der Waals surface area contributed by atoms with Crippen LogP contribution in [0.4, 0.5) is 4.39 Å². The molecule has 0 spiro atoms. The number of phenolic OH excluding ortho intramolecular Hbond substituents is 1. The number of phenols is 1. The number of ether oxygens (including phenoxy) is 2. The topological polar surface area (TPSA) is 115 Å². The van der Waals surface area contributed by atoms with Gasteiger partial charge in [-0.05, 0) is 48.7 Å². The van der Waals surface area contributed by atoms with Crippen molar-refractivity contribution in [3.05, 3.63) is 70.7 Å². The second-order valence-electron chi connectivity index (χ2n) is 7.07. The zero-order chi connectivity index (χ0) is 23.4. The fourth-order valence-electron chi connectivity index (χ4n) is 3.22. The highest BCUT2D eigenvalue weighted by Crippen LogP contribution is 2.32. The van der Waals surface area contributed by atoms with Gasteiger partial charge in [0.15, 0.2) is 5.75 Å². The molecule has 1 atom stereocenters. The number of esters is 2. The van der Waals surface area contributed by atoms with E-state index in [0.717, 1.165) is 12.7 Å². The van der Waals surface area contributed by atoms with Crippen molar-refractivity contribution in [1.29, 1.82) is 0 Å². The van der Waals surface area contributed by atoms with Gasteiger partial charge < -0.3 is 19.9 Å². The summed E-state index contributed by atoms with van der Waals surface area (Å²) in [4.78, 5) is 41.0. The number of nitrogens with one attached hydrogen (secondary N) is 1. The highest BCUT2D eigenvalue weighted by atomic mass is 19.1. The van der Waals surface area contributed by atoms with E-state index in [1.165, 1.54) is 38.4 Å². The minimum absolute atomic E-state index is 0.0161. The minimum atomic E-state index is -0.951. The number of amides is 1. The van der Waals surface area contributed by atoms with Gasteiger partial charge in [-0.3, -0.25) is 9.78 Å². The largest absolute Gasteiger partial charge is 0.505 e. The molecule has 3 aromatic rings. The lowest BCUT2D eigenvalue weighted by molar-refractivity contribution is -0.142. The number of aromatic nitrogens is 1. The third kappa shape index (κ3) is 4.66. The van der Waals surface area contributed by atoms with Crippen molar-refractivity contribution in [2.45, 2.75) is 19.4 Å². The number of carbonyl (C=O) groups excluding carboxylic acids is 3. The van der Waals surface area contributed by atoms with Crippen molar-refractivity contribution in [3.8, 4) is 5.75 Å². The molecule has 0 saturated carbocycles. The zero-order valence-corrected chi connectivity index (χ0v) is 17.6. The second kappa shape index (κ2) is 9.42. The number of fused-ring (bicyclic) bond motifs is 1. The molecule has 8 nitrogen and oxygen atoms in total. The smallest absolute Gasteiger partial charge is 0.341 e. The fourth-order valence-corrected chi connectivity index (χ4v) is 3.22. The van der Waals surface area contributed by atoms with Gasteiger partial charge >= 0.3 is 11.9 Å². The summed E-state index contributed by atoms with van der Waals surface area (Å²) in [5, 5.41) is 13.3. The van der Waals surface area contributed by atoms with E-state index >= 15 is 0 Å². The van der Waals surface area contributed by atoms with Crippen LogP contribution < -0.4 is 5.32 Å². The monoisotopic (exact) mass is 440 g/mol. The van der Waals surface area contributed by atoms with Crippen LogP contribution in [0.15, 0.2) is 42.6 Å². The Hall–Kier alpha value is -4.01. The van der Waals surface area contributed by atoms with Crippen molar-refractivity contribution >= 4 is 28.7 Å². The number of hydrogen-bond acceptors (Lipinski definition) is 7. The highest BCUT2D eigenvalue weighted by molar-refractivity contribution is 6.12. The molecule has 1 aromatic heterocycles. The molecule has 0 radical (unpaired) electrons. The molecule has 0 bridgehead atoms. The first-order valence-electron chi connectivity index (χ1n) is 9.61. The summed E-state index contributed by atoms with van der Waals surface area (Å²) in [7, 11) is 2.34. The first-order chi connectivity index (χ1) is 15.2. The Morgan fingerprint density at radius 2 is 1.75 bits per heavy atom. The predicted octanol–water partition coefficient (Wildman–Crippen LogP) is 2.75. The summed E-state index contributed by atoms with van der Waals surface area (Å²) in [6, 6.07) is 7.81. The molecule has 0 aliphatic rings. The van der Waals surface area contributed by atoms with E-state index in [-0.39, 0.29) is 27.8 Å². The van der Waals surface area contributed by atoms with Crippen molar-refractivity contribution < 1.29 is 33.4 Å². The van der Waals surface area contributed by atoms with Gasteiger partial charge in [-0.1, -0.05) is 12.1 Å². The van der Waals surface area contributed by atoms with Crippen LogP contribution in [0.25, 0.3) is 10.9 Å². The van der Waals surface area contributed by atoms with Crippen LogP contribution in [0.3, 0.4) is 0 Å². The van der Waals surface area contributed by atoms with Gasteiger partial charge in [0.05, 0.1) is 14.2 Å². The Morgan fingerprint density at radius 1 is 1.06 bits per heavy atom. The van der Waals surface area contributed by atoms with Crippen LogP contribution in [-0.4, -0.2) is 48.2 Å². The molecule has 0 aliphatic carbocycles. The maximum Gasteiger partial charge on any atom is 0.341 e. The van der Waals surface area contributed by atoms with Crippen molar-refractivity contribution in [2.75, 3.05) is 14.2 Å². The number of aromatic hydroxyl groups is 1. The summed E-state index contributed by atoms with van der Waals surface area (Å²) in [5.74, 6) is -2.96. The Kier molecular flexibility index (Phi) is 6.67. The van der Waals surface area contributed by atoms with E-state index in [4.69, 9.17) is 0 Å². The Morgan fingerprint density at radius 3 is 2.38 bits per heavy atom. The number of benzene rings is 2. The van der Waals surface area contributed by atoms with Gasteiger partial charge in [0.2, 0.25) is 0 Å². The lowest BCUT2D eigenvalue weighted by atomic mass is 9.98. The standard InChI is InChI=1S/C23H21FN2O6/c1-12(22(29)31-2)26-21(28)17-10-18(23(30)32-3)20(27)19-16(17)9-14(11-25-19)8-13-4-6-15(24)7-5-13/h4-7,9-12,27H,8H2,1-3H3,(H,26,28). The third-order valence-electron chi connectivity index (χ3n) is 4.88. The van der Waals surface area contributed by atoms with Gasteiger partial charge in [-0.2, -0.15) is 0 Å². The van der Waals surface area contributed by atoms with Crippen LogP contribution in [0.2, 0.25) is 0 Å². The predicted molar refractivity (Wildman–Crippen MR) is 113 cm³/mol. The van der Waals surface area contributed by atoms with Gasteiger partial charge in [-0.15, -0.1) is 0 Å². The van der Waals surface area contributed by atoms with Gasteiger partial charge in [0.1, 0.15) is 22.9 Å². The molecule has 32 heavy (non-hydrogen) atoms. The van der Waals surface area contributed by atoms with Gasteiger partial charge in [0, 0.05) is 17.1 Å². The van der Waals surface area contributed by atoms with Crippen LogP contribution in [-0.2, 0) is 20.7 Å². The average molecular weight is 440 g/mol. The zero-order valence-electron chi connectivity index (χ0n) is 17.6. The maximum atomic E-state index is 13.2. The third-order valence-corrected chi connectivity index (χ3v) is 4.88. The molecule has 1 unspecified atom stereocenters. The first kappa shape index (κ1) is 22.7. The molecule has 166 valence electrons. The number of methoxy groups -OCH3 is 2. The molecule has 0 saturated heterocycles. The van der Waals surface area contributed by atoms with Crippen LogP contribution >= 0.6 is 0 Å². The molecule has 2 aromatic carbocycles. The quantitative estimate of drug-likeness (QED) is 0.567. The normalized spacial score (nSPS) is 11.6. The SMILES string of the molecule is COC(=O)c1cc(C(=O)NC(C)C(=O)OC)c2cc(Cc3ccc(F)cc3)cnc2c1O. The molecular formula is C23H21FN2O6. The van der Waals surface area contributed by atoms with E-state index < -0.39 is 29.6 Å². The minimum Gasteiger partial charge on any atom is -0.505 e. The first-order valence-corrected chi connectivity index (χ1v) is 9.61. The number of pyridine rings is 1. The summed E-state index contributed by atoms with van der Waals surface area (Å²) in [6.45, 7) is 1.45. The molecule has 9 heteroatoms. The van der Waals surface area contributed by atoms with Gasteiger partial charge in [-0.25, -0.2) is 14.0 Å². The van der Waals surface area contributed by atoms with Crippen LogP contribution in [0, 0.1) is 5.82 Å². The lowest BCUT2D eigenvalue weighted by Crippen LogP contribution is -2.39. The van der Waals surface area contributed by atoms with E-state index in [1.807, 2.05) is 0 Å². The number of hydrogen-bond donors (Lipinski definition) is 2.